The number of hydrogen-bond donors (Lipinski definition) is 2. The zero-order chi connectivity index (χ0) is 23.0. The minimum atomic E-state index is -0.116. The summed E-state index contributed by atoms with van der Waals surface area (Å²) in [7, 11) is 1.58. The second-order valence-corrected chi connectivity index (χ2v) is 9.10. The molecule has 0 bridgehead atoms. The van der Waals surface area contributed by atoms with E-state index in [0.717, 1.165) is 5.56 Å². The molecule has 168 valence electrons. The summed E-state index contributed by atoms with van der Waals surface area (Å²) in [4.78, 5) is 27.1. The first-order valence-corrected chi connectivity index (χ1v) is 10.7. The van der Waals surface area contributed by atoms with Crippen molar-refractivity contribution in [2.24, 2.45) is 11.1 Å². The third-order valence-corrected chi connectivity index (χ3v) is 5.01. The first kappa shape index (κ1) is 24.7. The van der Waals surface area contributed by atoms with Crippen LogP contribution in [0.4, 0.5) is 5.69 Å². The molecule has 2 aromatic carbocycles. The summed E-state index contributed by atoms with van der Waals surface area (Å²) in [5.41, 5.74) is 7.54. The number of ether oxygens (including phenoxy) is 1. The monoisotopic (exact) mass is 445 g/mol. The van der Waals surface area contributed by atoms with Crippen LogP contribution < -0.4 is 15.8 Å². The molecule has 0 radical (unpaired) electrons. The highest BCUT2D eigenvalue weighted by Gasteiger charge is 2.19. The SMILES string of the molecule is COc1ccc(C(=O)N(CCCN)Cc2cc(NC(=O)CC(C)(C)C)ccc2Cl)cc1. The van der Waals surface area contributed by atoms with Crippen molar-refractivity contribution in [2.75, 3.05) is 25.5 Å². The molecule has 0 aliphatic rings. The van der Waals surface area contributed by atoms with Crippen molar-refractivity contribution in [1.29, 1.82) is 0 Å². The summed E-state index contributed by atoms with van der Waals surface area (Å²) in [6, 6.07) is 12.3. The summed E-state index contributed by atoms with van der Waals surface area (Å²) in [5.74, 6) is 0.510. The van der Waals surface area contributed by atoms with Gasteiger partial charge in [0.25, 0.3) is 5.91 Å². The van der Waals surface area contributed by atoms with Crippen molar-refractivity contribution in [1.82, 2.24) is 4.90 Å². The molecule has 0 aromatic heterocycles. The van der Waals surface area contributed by atoms with Crippen LogP contribution in [0.15, 0.2) is 42.5 Å². The van der Waals surface area contributed by atoms with Gasteiger partial charge in [0.15, 0.2) is 0 Å². The number of carbonyl (C=O) groups is 2. The number of anilines is 1. The van der Waals surface area contributed by atoms with Gasteiger partial charge >= 0.3 is 0 Å². The predicted molar refractivity (Wildman–Crippen MR) is 126 cm³/mol. The number of methoxy groups -OCH3 is 1. The van der Waals surface area contributed by atoms with Gasteiger partial charge in [-0.2, -0.15) is 0 Å². The van der Waals surface area contributed by atoms with Gasteiger partial charge in [-0.1, -0.05) is 32.4 Å². The Morgan fingerprint density at radius 3 is 2.39 bits per heavy atom. The molecule has 3 N–H and O–H groups in total. The van der Waals surface area contributed by atoms with E-state index in [9.17, 15) is 9.59 Å². The second kappa shape index (κ2) is 11.2. The van der Waals surface area contributed by atoms with Gasteiger partial charge in [-0.25, -0.2) is 0 Å². The Labute approximate surface area is 189 Å². The Morgan fingerprint density at radius 1 is 1.13 bits per heavy atom. The van der Waals surface area contributed by atoms with Crippen LogP contribution in [-0.4, -0.2) is 36.9 Å². The van der Waals surface area contributed by atoms with E-state index < -0.39 is 0 Å². The van der Waals surface area contributed by atoms with Gasteiger partial charge in [0.05, 0.1) is 7.11 Å². The Kier molecular flexibility index (Phi) is 8.89. The van der Waals surface area contributed by atoms with Crippen LogP contribution in [0.2, 0.25) is 5.02 Å². The molecule has 0 atom stereocenters. The molecule has 0 saturated carbocycles. The maximum Gasteiger partial charge on any atom is 0.254 e. The molecule has 0 aliphatic heterocycles. The second-order valence-electron chi connectivity index (χ2n) is 8.69. The van der Waals surface area contributed by atoms with E-state index in [0.29, 0.717) is 54.5 Å². The Bertz CT molecular complexity index is 892. The Morgan fingerprint density at radius 2 is 1.81 bits per heavy atom. The number of halogens is 1. The van der Waals surface area contributed by atoms with Gasteiger partial charge in [0.1, 0.15) is 5.75 Å². The average Bonchev–Trinajstić information content (AvgIpc) is 2.71. The first-order chi connectivity index (χ1) is 14.6. The van der Waals surface area contributed by atoms with Crippen molar-refractivity contribution in [2.45, 2.75) is 40.2 Å². The van der Waals surface area contributed by atoms with Crippen LogP contribution in [-0.2, 0) is 11.3 Å². The van der Waals surface area contributed by atoms with E-state index in [2.05, 4.69) is 5.32 Å². The molecule has 7 heteroatoms. The van der Waals surface area contributed by atoms with Gasteiger partial charge in [0, 0.05) is 35.8 Å². The van der Waals surface area contributed by atoms with E-state index in [-0.39, 0.29) is 17.2 Å². The van der Waals surface area contributed by atoms with Crippen LogP contribution in [0.25, 0.3) is 0 Å². The van der Waals surface area contributed by atoms with E-state index >= 15 is 0 Å². The third-order valence-electron chi connectivity index (χ3n) is 4.64. The maximum atomic E-state index is 13.1. The zero-order valence-corrected chi connectivity index (χ0v) is 19.5. The Balaban J connectivity index is 2.21. The molecule has 0 unspecified atom stereocenters. The number of nitrogens with two attached hydrogens (primary N) is 1. The minimum Gasteiger partial charge on any atom is -0.497 e. The normalized spacial score (nSPS) is 11.2. The lowest BCUT2D eigenvalue weighted by Gasteiger charge is -2.24. The number of nitrogens with zero attached hydrogens (tertiary/aromatic N) is 1. The summed E-state index contributed by atoms with van der Waals surface area (Å²) in [6.45, 7) is 7.33. The van der Waals surface area contributed by atoms with Crippen LogP contribution in [0.5, 0.6) is 5.75 Å². The lowest BCUT2D eigenvalue weighted by atomic mass is 9.92. The van der Waals surface area contributed by atoms with E-state index in [1.54, 1.807) is 48.4 Å². The fourth-order valence-electron chi connectivity index (χ4n) is 3.12. The summed E-state index contributed by atoms with van der Waals surface area (Å²) >= 11 is 6.42. The van der Waals surface area contributed by atoms with Crippen molar-refractivity contribution >= 4 is 29.1 Å². The Hall–Kier alpha value is -2.57. The van der Waals surface area contributed by atoms with Gasteiger partial charge < -0.3 is 20.7 Å². The van der Waals surface area contributed by atoms with Crippen LogP contribution in [0.3, 0.4) is 0 Å². The van der Waals surface area contributed by atoms with Crippen molar-refractivity contribution in [3.05, 3.63) is 58.6 Å². The summed E-state index contributed by atoms with van der Waals surface area (Å²) in [5, 5.41) is 3.46. The largest absolute Gasteiger partial charge is 0.497 e. The number of rotatable bonds is 9. The van der Waals surface area contributed by atoms with Gasteiger partial charge in [-0.15, -0.1) is 0 Å². The third kappa shape index (κ3) is 7.89. The zero-order valence-electron chi connectivity index (χ0n) is 18.7. The van der Waals surface area contributed by atoms with Crippen molar-refractivity contribution in [3.8, 4) is 5.75 Å². The minimum absolute atomic E-state index is 0.0601. The number of nitrogens with one attached hydrogen (secondary N) is 1. The molecule has 31 heavy (non-hydrogen) atoms. The molecule has 2 rings (SSSR count). The molecule has 0 spiro atoms. The molecule has 0 saturated heterocycles. The molecular weight excluding hydrogens is 414 g/mol. The van der Waals surface area contributed by atoms with E-state index in [4.69, 9.17) is 22.1 Å². The first-order valence-electron chi connectivity index (χ1n) is 10.3. The quantitative estimate of drug-likeness (QED) is 0.585. The van der Waals surface area contributed by atoms with Crippen LogP contribution in [0, 0.1) is 5.41 Å². The van der Waals surface area contributed by atoms with Crippen molar-refractivity contribution in [3.63, 3.8) is 0 Å². The number of carbonyl (C=O) groups excluding carboxylic acids is 2. The summed E-state index contributed by atoms with van der Waals surface area (Å²) in [6.07, 6.45) is 1.07. The van der Waals surface area contributed by atoms with E-state index in [1.165, 1.54) is 0 Å². The number of benzene rings is 2. The highest BCUT2D eigenvalue weighted by atomic mass is 35.5. The molecule has 2 aromatic rings. The summed E-state index contributed by atoms with van der Waals surface area (Å²) < 4.78 is 5.17. The highest BCUT2D eigenvalue weighted by Crippen LogP contribution is 2.25. The lowest BCUT2D eigenvalue weighted by Crippen LogP contribution is -2.32. The fraction of sp³-hybridized carbons (Fsp3) is 0.417. The molecule has 0 fully saturated rings. The standard InChI is InChI=1S/C24H32ClN3O3/c1-24(2,3)15-22(29)27-19-8-11-21(25)18(14-19)16-28(13-5-12-26)23(30)17-6-9-20(31-4)10-7-17/h6-11,14H,5,12-13,15-16,26H2,1-4H3,(H,27,29). The molecule has 6 nitrogen and oxygen atoms in total. The number of hydrogen-bond acceptors (Lipinski definition) is 4. The predicted octanol–water partition coefficient (Wildman–Crippen LogP) is 4.71. The van der Waals surface area contributed by atoms with Crippen molar-refractivity contribution < 1.29 is 14.3 Å². The van der Waals surface area contributed by atoms with Gasteiger partial charge in [-0.3, -0.25) is 9.59 Å². The van der Waals surface area contributed by atoms with Crippen LogP contribution in [0.1, 0.15) is 49.5 Å². The molecule has 0 aliphatic carbocycles. The van der Waals surface area contributed by atoms with Crippen LogP contribution >= 0.6 is 11.6 Å². The lowest BCUT2D eigenvalue weighted by molar-refractivity contribution is -0.117. The topological polar surface area (TPSA) is 84.7 Å². The van der Waals surface area contributed by atoms with E-state index in [1.807, 2.05) is 26.8 Å². The fourth-order valence-corrected chi connectivity index (χ4v) is 3.29. The highest BCUT2D eigenvalue weighted by molar-refractivity contribution is 6.31. The van der Waals surface area contributed by atoms with Gasteiger partial charge in [-0.05, 0) is 66.4 Å². The molecular formula is C24H32ClN3O3. The molecule has 0 heterocycles. The maximum absolute atomic E-state index is 13.1. The van der Waals surface area contributed by atoms with Gasteiger partial charge in [0.2, 0.25) is 5.91 Å². The number of amides is 2. The average molecular weight is 446 g/mol. The smallest absolute Gasteiger partial charge is 0.254 e. The molecule has 2 amide bonds.